The molecule has 1 N–H and O–H groups in total. The lowest BCUT2D eigenvalue weighted by Crippen LogP contribution is -2.38. The summed E-state index contributed by atoms with van der Waals surface area (Å²) in [7, 11) is 0. The van der Waals surface area contributed by atoms with Crippen LogP contribution in [0.3, 0.4) is 0 Å². The van der Waals surface area contributed by atoms with E-state index in [9.17, 15) is 14.3 Å². The maximum atomic E-state index is 13.0. The van der Waals surface area contributed by atoms with Crippen molar-refractivity contribution < 1.29 is 19.0 Å². The molecule has 0 unspecified atom stereocenters. The van der Waals surface area contributed by atoms with Crippen molar-refractivity contribution in [2.24, 2.45) is 0 Å². The summed E-state index contributed by atoms with van der Waals surface area (Å²) in [5.74, 6) is 0.130. The average Bonchev–Trinajstić information content (AvgIpc) is 2.51. The molecule has 3 rings (SSSR count). The van der Waals surface area contributed by atoms with Crippen molar-refractivity contribution in [3.05, 3.63) is 59.4 Å². The van der Waals surface area contributed by atoms with Crippen LogP contribution in [0.15, 0.2) is 42.5 Å². The third-order valence-corrected chi connectivity index (χ3v) is 3.40. The van der Waals surface area contributed by atoms with Crippen LogP contribution in [-0.2, 0) is 17.9 Å². The zero-order valence-corrected chi connectivity index (χ0v) is 11.3. The summed E-state index contributed by atoms with van der Waals surface area (Å²) in [6.07, 6.45) is 0. The average molecular weight is 287 g/mol. The molecule has 0 atom stereocenters. The highest BCUT2D eigenvalue weighted by Crippen LogP contribution is 2.34. The SMILES string of the molecule is O=C1COc2ccc(CO)cc2N1Cc1ccc(F)cc1. The minimum atomic E-state index is -0.310. The van der Waals surface area contributed by atoms with Gasteiger partial charge >= 0.3 is 0 Å². The molecule has 1 heterocycles. The number of ether oxygens (including phenoxy) is 1. The molecule has 0 saturated heterocycles. The third-order valence-electron chi connectivity index (χ3n) is 3.40. The number of hydrogen-bond acceptors (Lipinski definition) is 3. The molecular formula is C16H14FNO3. The van der Waals surface area contributed by atoms with E-state index in [1.54, 1.807) is 35.2 Å². The number of halogens is 1. The van der Waals surface area contributed by atoms with Crippen LogP contribution in [-0.4, -0.2) is 17.6 Å². The minimum Gasteiger partial charge on any atom is -0.482 e. The van der Waals surface area contributed by atoms with E-state index < -0.39 is 0 Å². The molecule has 0 spiro atoms. The van der Waals surface area contributed by atoms with E-state index in [4.69, 9.17) is 4.74 Å². The molecular weight excluding hydrogens is 273 g/mol. The first-order valence-electron chi connectivity index (χ1n) is 6.59. The quantitative estimate of drug-likeness (QED) is 0.942. The fourth-order valence-corrected chi connectivity index (χ4v) is 2.29. The van der Waals surface area contributed by atoms with Crippen molar-refractivity contribution in [2.75, 3.05) is 11.5 Å². The van der Waals surface area contributed by atoms with Gasteiger partial charge in [0.05, 0.1) is 18.8 Å². The Hall–Kier alpha value is -2.40. The summed E-state index contributed by atoms with van der Waals surface area (Å²) in [6, 6.07) is 11.3. The molecule has 0 aliphatic carbocycles. The number of nitrogens with zero attached hydrogens (tertiary/aromatic N) is 1. The molecule has 2 aromatic carbocycles. The van der Waals surface area contributed by atoms with E-state index in [0.717, 1.165) is 5.56 Å². The van der Waals surface area contributed by atoms with Crippen molar-refractivity contribution in [2.45, 2.75) is 13.2 Å². The fraction of sp³-hybridized carbons (Fsp3) is 0.188. The maximum absolute atomic E-state index is 13.0. The van der Waals surface area contributed by atoms with Gasteiger partial charge in [0, 0.05) is 0 Å². The lowest BCUT2D eigenvalue weighted by Gasteiger charge is -2.29. The molecule has 108 valence electrons. The predicted octanol–water partition coefficient (Wildman–Crippen LogP) is 2.24. The number of carbonyl (C=O) groups is 1. The van der Waals surface area contributed by atoms with Crippen molar-refractivity contribution in [1.82, 2.24) is 0 Å². The van der Waals surface area contributed by atoms with Gasteiger partial charge in [0.25, 0.3) is 5.91 Å². The topological polar surface area (TPSA) is 49.8 Å². The van der Waals surface area contributed by atoms with Crippen LogP contribution in [0, 0.1) is 5.82 Å². The Kier molecular flexibility index (Phi) is 3.58. The zero-order chi connectivity index (χ0) is 14.8. The van der Waals surface area contributed by atoms with E-state index in [1.807, 2.05) is 0 Å². The second-order valence-corrected chi connectivity index (χ2v) is 4.86. The Morgan fingerprint density at radius 3 is 2.57 bits per heavy atom. The largest absolute Gasteiger partial charge is 0.482 e. The summed E-state index contributed by atoms with van der Waals surface area (Å²) in [5.41, 5.74) is 2.16. The minimum absolute atomic E-state index is 0.0212. The van der Waals surface area contributed by atoms with Crippen molar-refractivity contribution >= 4 is 11.6 Å². The second kappa shape index (κ2) is 5.54. The smallest absolute Gasteiger partial charge is 0.265 e. The van der Waals surface area contributed by atoms with Crippen LogP contribution in [0.5, 0.6) is 5.75 Å². The number of fused-ring (bicyclic) bond motifs is 1. The number of aliphatic hydroxyl groups excluding tert-OH is 1. The van der Waals surface area contributed by atoms with Gasteiger partial charge in [-0.2, -0.15) is 0 Å². The molecule has 0 fully saturated rings. The van der Waals surface area contributed by atoms with E-state index in [-0.39, 0.29) is 24.9 Å². The Bertz CT molecular complexity index is 670. The summed E-state index contributed by atoms with van der Waals surface area (Å²) in [6.45, 7) is 0.211. The number of aliphatic hydroxyl groups is 1. The number of carbonyl (C=O) groups excluding carboxylic acids is 1. The first kappa shape index (κ1) is 13.6. The molecule has 4 nitrogen and oxygen atoms in total. The summed E-state index contributed by atoms with van der Waals surface area (Å²) in [4.78, 5) is 13.7. The van der Waals surface area contributed by atoms with Crippen LogP contribution in [0.25, 0.3) is 0 Å². The Morgan fingerprint density at radius 1 is 1.14 bits per heavy atom. The van der Waals surface area contributed by atoms with E-state index in [0.29, 0.717) is 23.5 Å². The lowest BCUT2D eigenvalue weighted by atomic mass is 10.1. The van der Waals surface area contributed by atoms with Crippen molar-refractivity contribution in [3.8, 4) is 5.75 Å². The summed E-state index contributed by atoms with van der Waals surface area (Å²) in [5, 5.41) is 9.23. The van der Waals surface area contributed by atoms with E-state index in [2.05, 4.69) is 0 Å². The normalized spacial score (nSPS) is 13.8. The molecule has 0 bridgehead atoms. The van der Waals surface area contributed by atoms with Crippen LogP contribution >= 0.6 is 0 Å². The van der Waals surface area contributed by atoms with Crippen LogP contribution in [0.2, 0.25) is 0 Å². The van der Waals surface area contributed by atoms with Gasteiger partial charge in [-0.1, -0.05) is 18.2 Å². The predicted molar refractivity (Wildman–Crippen MR) is 75.4 cm³/mol. The fourth-order valence-electron chi connectivity index (χ4n) is 2.29. The molecule has 2 aromatic rings. The monoisotopic (exact) mass is 287 g/mol. The number of amides is 1. The molecule has 1 aliphatic heterocycles. The molecule has 1 aliphatic rings. The van der Waals surface area contributed by atoms with Gasteiger partial charge < -0.3 is 14.7 Å². The molecule has 21 heavy (non-hydrogen) atoms. The molecule has 0 saturated carbocycles. The molecule has 0 radical (unpaired) electrons. The van der Waals surface area contributed by atoms with Gasteiger partial charge in [0.1, 0.15) is 11.6 Å². The highest BCUT2D eigenvalue weighted by Gasteiger charge is 2.25. The number of anilines is 1. The van der Waals surface area contributed by atoms with Gasteiger partial charge in [0.2, 0.25) is 0 Å². The maximum Gasteiger partial charge on any atom is 0.265 e. The van der Waals surface area contributed by atoms with Crippen molar-refractivity contribution in [1.29, 1.82) is 0 Å². The second-order valence-electron chi connectivity index (χ2n) is 4.86. The van der Waals surface area contributed by atoms with Gasteiger partial charge in [-0.3, -0.25) is 4.79 Å². The number of hydrogen-bond donors (Lipinski definition) is 1. The highest BCUT2D eigenvalue weighted by atomic mass is 19.1. The van der Waals surface area contributed by atoms with E-state index in [1.165, 1.54) is 12.1 Å². The van der Waals surface area contributed by atoms with Gasteiger partial charge in [-0.25, -0.2) is 4.39 Å². The first-order chi connectivity index (χ1) is 10.2. The zero-order valence-electron chi connectivity index (χ0n) is 11.3. The first-order valence-corrected chi connectivity index (χ1v) is 6.59. The van der Waals surface area contributed by atoms with Gasteiger partial charge in [0.15, 0.2) is 6.61 Å². The molecule has 5 heteroatoms. The molecule has 1 amide bonds. The number of benzene rings is 2. The summed E-state index contributed by atoms with van der Waals surface area (Å²) >= 11 is 0. The van der Waals surface area contributed by atoms with E-state index >= 15 is 0 Å². The van der Waals surface area contributed by atoms with Crippen LogP contribution in [0.1, 0.15) is 11.1 Å². The van der Waals surface area contributed by atoms with Crippen molar-refractivity contribution in [3.63, 3.8) is 0 Å². The Labute approximate surface area is 121 Å². The standard InChI is InChI=1S/C16H14FNO3/c17-13-4-1-11(2-5-13)8-18-14-7-12(9-19)3-6-15(14)21-10-16(18)20/h1-7,19H,8-10H2. The Balaban J connectivity index is 1.94. The van der Waals surface area contributed by atoms with Gasteiger partial charge in [-0.05, 0) is 35.4 Å². The Morgan fingerprint density at radius 2 is 1.86 bits per heavy atom. The number of rotatable bonds is 3. The summed E-state index contributed by atoms with van der Waals surface area (Å²) < 4.78 is 18.3. The molecule has 0 aromatic heterocycles. The van der Waals surface area contributed by atoms with Crippen LogP contribution in [0.4, 0.5) is 10.1 Å². The third kappa shape index (κ3) is 2.73. The highest BCUT2D eigenvalue weighted by molar-refractivity contribution is 5.97. The lowest BCUT2D eigenvalue weighted by molar-refractivity contribution is -0.121. The van der Waals surface area contributed by atoms with Gasteiger partial charge in [-0.15, -0.1) is 0 Å². The van der Waals surface area contributed by atoms with Crippen LogP contribution < -0.4 is 9.64 Å².